The van der Waals surface area contributed by atoms with E-state index in [9.17, 15) is 27.6 Å². The molecule has 0 saturated heterocycles. The van der Waals surface area contributed by atoms with Gasteiger partial charge in [0.25, 0.3) is 11.5 Å². The van der Waals surface area contributed by atoms with Crippen LogP contribution in [0.1, 0.15) is 66.0 Å². The van der Waals surface area contributed by atoms with E-state index in [1.165, 1.54) is 11.8 Å². The zero-order valence-corrected chi connectivity index (χ0v) is 23.8. The Hall–Kier alpha value is -3.28. The van der Waals surface area contributed by atoms with Crippen LogP contribution in [0.15, 0.2) is 34.1 Å². The quantitative estimate of drug-likeness (QED) is 0.325. The highest BCUT2D eigenvalue weighted by atomic mass is 32.2. The van der Waals surface area contributed by atoms with Gasteiger partial charge in [0.2, 0.25) is 5.91 Å². The first-order valence-electron chi connectivity index (χ1n) is 13.3. The van der Waals surface area contributed by atoms with Crippen molar-refractivity contribution in [2.75, 3.05) is 12.8 Å². The molecule has 0 radical (unpaired) electrons. The molecule has 3 aromatic heterocycles. The molecule has 1 aliphatic carbocycles. The summed E-state index contributed by atoms with van der Waals surface area (Å²) in [6.45, 7) is 4.49. The summed E-state index contributed by atoms with van der Waals surface area (Å²) in [5, 5.41) is 5.63. The maximum absolute atomic E-state index is 13.5. The lowest BCUT2D eigenvalue weighted by molar-refractivity contribution is -0.141. The normalized spacial score (nSPS) is 18.5. The van der Waals surface area contributed by atoms with Gasteiger partial charge in [0, 0.05) is 51.9 Å². The Morgan fingerprint density at radius 3 is 2.55 bits per heavy atom. The molecule has 4 rings (SSSR count). The highest BCUT2D eigenvalue weighted by Gasteiger charge is 2.34. The highest BCUT2D eigenvalue weighted by molar-refractivity contribution is 7.98. The number of halogens is 3. The van der Waals surface area contributed by atoms with E-state index in [2.05, 4.69) is 15.3 Å². The molecule has 0 spiro atoms. The van der Waals surface area contributed by atoms with Gasteiger partial charge in [-0.3, -0.25) is 14.4 Å². The molecular formula is C28H34F3N5O3S. The monoisotopic (exact) mass is 577 g/mol. The third-order valence-electron chi connectivity index (χ3n) is 7.81. The molecule has 12 heteroatoms. The minimum atomic E-state index is -4.43. The van der Waals surface area contributed by atoms with Crippen LogP contribution in [0.25, 0.3) is 11.0 Å². The molecule has 0 aromatic carbocycles. The number of amides is 2. The number of nitrogens with one attached hydrogen (secondary N) is 3. The van der Waals surface area contributed by atoms with Crippen LogP contribution >= 0.6 is 11.8 Å². The number of hydrogen-bond donors (Lipinski definition) is 3. The Morgan fingerprint density at radius 2 is 1.90 bits per heavy atom. The SMILES string of the molecule is CSc1cc(C)[nH]c(=O)c1CNC(=O)c1c(C)n(C(C)C2CCC(C(=O)NCC(F)(F)F)CC2)c2ncccc12. The number of carbonyl (C=O) groups is 2. The number of rotatable bonds is 8. The molecule has 1 fully saturated rings. The van der Waals surface area contributed by atoms with Crippen LogP contribution in [-0.4, -0.2) is 45.3 Å². The lowest BCUT2D eigenvalue weighted by atomic mass is 9.78. The third-order valence-corrected chi connectivity index (χ3v) is 8.61. The number of thioether (sulfide) groups is 1. The Bertz CT molecular complexity index is 1460. The molecule has 216 valence electrons. The smallest absolute Gasteiger partial charge is 0.348 e. The maximum atomic E-state index is 13.5. The Labute approximate surface area is 234 Å². The van der Waals surface area contributed by atoms with E-state index in [4.69, 9.17) is 0 Å². The van der Waals surface area contributed by atoms with Gasteiger partial charge in [0.1, 0.15) is 12.2 Å². The van der Waals surface area contributed by atoms with E-state index in [1.54, 1.807) is 12.3 Å². The van der Waals surface area contributed by atoms with Crippen LogP contribution in [-0.2, 0) is 11.3 Å². The number of aromatic nitrogens is 3. The van der Waals surface area contributed by atoms with Gasteiger partial charge in [-0.15, -0.1) is 11.8 Å². The van der Waals surface area contributed by atoms with Crippen molar-refractivity contribution in [3.8, 4) is 0 Å². The number of alkyl halides is 3. The first kappa shape index (κ1) is 29.7. The molecule has 1 aliphatic rings. The van der Waals surface area contributed by atoms with Crippen molar-refractivity contribution in [2.45, 2.75) is 70.1 Å². The second-order valence-electron chi connectivity index (χ2n) is 10.4. The van der Waals surface area contributed by atoms with Gasteiger partial charge < -0.3 is 20.2 Å². The number of fused-ring (bicyclic) bond motifs is 1. The van der Waals surface area contributed by atoms with Gasteiger partial charge in [0.15, 0.2) is 0 Å². The molecular weight excluding hydrogens is 543 g/mol. The second-order valence-corrected chi connectivity index (χ2v) is 11.2. The molecule has 3 heterocycles. The summed E-state index contributed by atoms with van der Waals surface area (Å²) in [7, 11) is 0. The summed E-state index contributed by atoms with van der Waals surface area (Å²) in [6.07, 6.45) is 1.47. The molecule has 1 atom stereocenters. The zero-order valence-electron chi connectivity index (χ0n) is 22.9. The molecule has 8 nitrogen and oxygen atoms in total. The number of aryl methyl sites for hydroxylation is 1. The summed E-state index contributed by atoms with van der Waals surface area (Å²) in [4.78, 5) is 46.5. The van der Waals surface area contributed by atoms with Crippen molar-refractivity contribution >= 4 is 34.6 Å². The second kappa shape index (κ2) is 12.1. The standard InChI is InChI=1S/C28H34F3N5O3S/c1-15-12-22(40-4)21(26(38)35-15)13-33-27(39)23-17(3)36(24-20(23)6-5-11-32-24)16(2)18-7-9-19(10-8-18)25(37)34-14-28(29,30)31/h5-6,11-12,16,18-19H,7-10,13-14H2,1-4H3,(H,33,39)(H,34,37)(H,35,38). The molecule has 3 aromatic rings. The van der Waals surface area contributed by atoms with Gasteiger partial charge in [-0.1, -0.05) is 0 Å². The van der Waals surface area contributed by atoms with Gasteiger partial charge in [-0.25, -0.2) is 4.98 Å². The molecule has 0 bridgehead atoms. The number of pyridine rings is 2. The minimum absolute atomic E-state index is 0.0545. The molecule has 40 heavy (non-hydrogen) atoms. The molecule has 1 saturated carbocycles. The van der Waals surface area contributed by atoms with E-state index < -0.39 is 24.5 Å². The summed E-state index contributed by atoms with van der Waals surface area (Å²) in [5.74, 6) is -1.14. The van der Waals surface area contributed by atoms with Gasteiger partial charge in [0.05, 0.1) is 5.56 Å². The van der Waals surface area contributed by atoms with Gasteiger partial charge in [-0.2, -0.15) is 13.2 Å². The zero-order chi connectivity index (χ0) is 29.2. The van der Waals surface area contributed by atoms with Crippen LogP contribution in [0.2, 0.25) is 0 Å². The number of H-pyrrole nitrogens is 1. The van der Waals surface area contributed by atoms with E-state index in [0.717, 1.165) is 16.3 Å². The number of carbonyl (C=O) groups excluding carboxylic acids is 2. The van der Waals surface area contributed by atoms with Crippen molar-refractivity contribution in [3.05, 3.63) is 57.3 Å². The summed E-state index contributed by atoms with van der Waals surface area (Å²) in [5.41, 5.74) is 2.91. The van der Waals surface area contributed by atoms with E-state index >= 15 is 0 Å². The highest BCUT2D eigenvalue weighted by Crippen LogP contribution is 2.39. The molecule has 3 N–H and O–H groups in total. The molecule has 2 amide bonds. The summed E-state index contributed by atoms with van der Waals surface area (Å²) < 4.78 is 39.5. The van der Waals surface area contributed by atoms with Crippen molar-refractivity contribution in [1.82, 2.24) is 25.2 Å². The Balaban J connectivity index is 1.52. The van der Waals surface area contributed by atoms with Crippen molar-refractivity contribution in [2.24, 2.45) is 11.8 Å². The van der Waals surface area contributed by atoms with Crippen LogP contribution in [0.4, 0.5) is 13.2 Å². The Morgan fingerprint density at radius 1 is 1.20 bits per heavy atom. The number of aromatic amines is 1. The number of nitrogens with zero attached hydrogens (tertiary/aromatic N) is 2. The number of hydrogen-bond acceptors (Lipinski definition) is 5. The van der Waals surface area contributed by atoms with Crippen LogP contribution in [0.5, 0.6) is 0 Å². The van der Waals surface area contributed by atoms with Gasteiger partial charge in [-0.05, 0) is 76.8 Å². The minimum Gasteiger partial charge on any atom is -0.348 e. The average molecular weight is 578 g/mol. The van der Waals surface area contributed by atoms with Crippen LogP contribution in [0, 0.1) is 25.7 Å². The third kappa shape index (κ3) is 6.37. The van der Waals surface area contributed by atoms with Crippen molar-refractivity contribution in [1.29, 1.82) is 0 Å². The van der Waals surface area contributed by atoms with E-state index in [1.807, 2.05) is 49.0 Å². The van der Waals surface area contributed by atoms with Crippen LogP contribution in [0.3, 0.4) is 0 Å². The fraction of sp³-hybridized carbons (Fsp3) is 0.500. The largest absolute Gasteiger partial charge is 0.405 e. The van der Waals surface area contributed by atoms with Crippen molar-refractivity contribution in [3.63, 3.8) is 0 Å². The topological polar surface area (TPSA) is 109 Å². The first-order chi connectivity index (χ1) is 18.9. The predicted octanol–water partition coefficient (Wildman–Crippen LogP) is 5.04. The van der Waals surface area contributed by atoms with E-state index in [-0.39, 0.29) is 30.0 Å². The van der Waals surface area contributed by atoms with Crippen molar-refractivity contribution < 1.29 is 22.8 Å². The summed E-state index contributed by atoms with van der Waals surface area (Å²) >= 11 is 1.45. The van der Waals surface area contributed by atoms with E-state index in [0.29, 0.717) is 47.8 Å². The first-order valence-corrected chi connectivity index (χ1v) is 14.5. The molecule has 0 aliphatic heterocycles. The molecule has 1 unspecified atom stereocenters. The fourth-order valence-corrected chi connectivity index (χ4v) is 6.45. The Kier molecular flexibility index (Phi) is 8.96. The predicted molar refractivity (Wildman–Crippen MR) is 148 cm³/mol. The fourth-order valence-electron chi connectivity index (χ4n) is 5.74. The lowest BCUT2D eigenvalue weighted by Gasteiger charge is -2.33. The average Bonchev–Trinajstić information content (AvgIpc) is 3.21. The maximum Gasteiger partial charge on any atom is 0.405 e. The van der Waals surface area contributed by atoms with Crippen LogP contribution < -0.4 is 16.2 Å². The summed E-state index contributed by atoms with van der Waals surface area (Å²) in [6, 6.07) is 5.45. The van der Waals surface area contributed by atoms with Gasteiger partial charge >= 0.3 is 6.18 Å². The lowest BCUT2D eigenvalue weighted by Crippen LogP contribution is -2.39.